The Kier molecular flexibility index (Phi) is 10.2. The fourth-order valence-electron chi connectivity index (χ4n) is 5.17. The van der Waals surface area contributed by atoms with Gasteiger partial charge in [-0.1, -0.05) is 84.1 Å². The van der Waals surface area contributed by atoms with Crippen molar-refractivity contribution in [2.24, 2.45) is 16.6 Å². The minimum Gasteiger partial charge on any atom is -0.351 e. The van der Waals surface area contributed by atoms with Crippen molar-refractivity contribution >= 4 is 7.85 Å². The number of fused-ring (bicyclic) bond motifs is 1. The van der Waals surface area contributed by atoms with Crippen molar-refractivity contribution in [1.29, 1.82) is 0 Å². The molecule has 1 heterocycles. The highest BCUT2D eigenvalue weighted by molar-refractivity contribution is 6.22. The van der Waals surface area contributed by atoms with Crippen LogP contribution in [-0.2, 0) is 0 Å². The molecule has 2 N–H and O–H groups in total. The van der Waals surface area contributed by atoms with Gasteiger partial charge in [-0.15, -0.1) is 5.47 Å². The van der Waals surface area contributed by atoms with Gasteiger partial charge in [-0.3, -0.25) is 0 Å². The molecule has 3 heteroatoms. The molecule has 2 bridgehead atoms. The molecule has 0 aromatic rings. The Morgan fingerprint density at radius 2 is 1.55 bits per heavy atom. The van der Waals surface area contributed by atoms with Crippen LogP contribution in [0.15, 0.2) is 93.3 Å². The van der Waals surface area contributed by atoms with Crippen LogP contribution >= 0.6 is 0 Å². The molecular formula is C30H45BN2. The zero-order valence-electron chi connectivity index (χ0n) is 22.9. The Labute approximate surface area is 205 Å². The Morgan fingerprint density at radius 1 is 0.939 bits per heavy atom. The molecule has 178 valence electrons. The van der Waals surface area contributed by atoms with E-state index in [0.29, 0.717) is 0 Å². The molecule has 3 rings (SSSR count). The average Bonchev–Trinajstić information content (AvgIpc) is 2.99. The van der Waals surface area contributed by atoms with E-state index >= 15 is 0 Å². The monoisotopic (exact) mass is 444 g/mol. The third kappa shape index (κ3) is 5.46. The van der Waals surface area contributed by atoms with Crippen LogP contribution in [0.3, 0.4) is 0 Å². The van der Waals surface area contributed by atoms with Crippen molar-refractivity contribution in [3.8, 4) is 0 Å². The average molecular weight is 445 g/mol. The first kappa shape index (κ1) is 28.8. The van der Waals surface area contributed by atoms with Crippen LogP contribution in [0.5, 0.6) is 0 Å². The largest absolute Gasteiger partial charge is 0.351 e. The predicted octanol–water partition coefficient (Wildman–Crippen LogP) is 7.51. The molecule has 1 aliphatic heterocycles. The van der Waals surface area contributed by atoms with E-state index in [1.165, 1.54) is 46.3 Å². The maximum atomic E-state index is 6.16. The van der Waals surface area contributed by atoms with Crippen LogP contribution in [-0.4, -0.2) is 26.8 Å². The lowest BCUT2D eigenvalue weighted by molar-refractivity contribution is 0.442. The summed E-state index contributed by atoms with van der Waals surface area (Å²) < 4.78 is 0. The molecule has 2 aliphatic carbocycles. The molecule has 0 aromatic carbocycles. The summed E-state index contributed by atoms with van der Waals surface area (Å²) in [5.41, 5.74) is 15.1. The molecule has 3 aliphatic rings. The molecule has 0 saturated carbocycles. The van der Waals surface area contributed by atoms with E-state index in [1.807, 2.05) is 13.8 Å². The number of nitrogens with two attached hydrogens (primary N) is 1. The third-order valence-corrected chi connectivity index (χ3v) is 6.88. The predicted molar refractivity (Wildman–Crippen MR) is 149 cm³/mol. The molecule has 0 amide bonds. The van der Waals surface area contributed by atoms with Crippen molar-refractivity contribution in [2.75, 3.05) is 14.1 Å². The summed E-state index contributed by atoms with van der Waals surface area (Å²) in [6.07, 6.45) is 18.4. The summed E-state index contributed by atoms with van der Waals surface area (Å²) in [6, 6.07) is 0. The zero-order valence-corrected chi connectivity index (χ0v) is 22.9. The van der Waals surface area contributed by atoms with Crippen LogP contribution < -0.4 is 5.73 Å². The van der Waals surface area contributed by atoms with E-state index in [1.54, 1.807) is 0 Å². The summed E-state index contributed by atoms with van der Waals surface area (Å²) in [5, 5.41) is 0. The highest BCUT2D eigenvalue weighted by atomic mass is 15.2. The van der Waals surface area contributed by atoms with Gasteiger partial charge in [-0.2, -0.15) is 0 Å². The molecule has 0 aromatic heterocycles. The van der Waals surface area contributed by atoms with E-state index in [2.05, 4.69) is 115 Å². The second-order valence-electron chi connectivity index (χ2n) is 9.43. The summed E-state index contributed by atoms with van der Waals surface area (Å²) in [7, 11) is 9.82. The summed E-state index contributed by atoms with van der Waals surface area (Å²) in [6.45, 7) is 19.7. The van der Waals surface area contributed by atoms with Crippen LogP contribution in [0.1, 0.15) is 68.7 Å². The number of nitrogens with zero attached hydrogens (tertiary/aromatic N) is 1. The van der Waals surface area contributed by atoms with Crippen molar-refractivity contribution in [2.45, 2.75) is 68.7 Å². The molecule has 0 saturated heterocycles. The molecule has 0 spiro atoms. The summed E-state index contributed by atoms with van der Waals surface area (Å²) >= 11 is 0. The Morgan fingerprint density at radius 3 is 2.12 bits per heavy atom. The molecule has 0 unspecified atom stereocenters. The lowest BCUT2D eigenvalue weighted by atomic mass is 9.78. The molecule has 0 atom stereocenters. The number of hydrogen-bond acceptors (Lipinski definition) is 2. The Bertz CT molecular complexity index is 973. The minimum atomic E-state index is 0.0143. The smallest absolute Gasteiger partial charge is 0.108 e. The first-order chi connectivity index (χ1) is 15.5. The second-order valence-corrected chi connectivity index (χ2v) is 9.43. The highest BCUT2D eigenvalue weighted by Crippen LogP contribution is 2.52. The Balaban J connectivity index is 0.00000129. The van der Waals surface area contributed by atoms with Gasteiger partial charge in [-0.05, 0) is 68.2 Å². The molecule has 2 radical (unpaired) electrons. The highest BCUT2D eigenvalue weighted by Gasteiger charge is 2.38. The fraction of sp³-hybridized carbons (Fsp3) is 0.467. The normalized spacial score (nSPS) is 22.5. The molecule has 33 heavy (non-hydrogen) atoms. The van der Waals surface area contributed by atoms with E-state index in [0.717, 1.165) is 11.9 Å². The van der Waals surface area contributed by atoms with Gasteiger partial charge >= 0.3 is 0 Å². The van der Waals surface area contributed by atoms with Crippen LogP contribution in [0.4, 0.5) is 0 Å². The van der Waals surface area contributed by atoms with Crippen LogP contribution in [0, 0.1) is 10.8 Å². The van der Waals surface area contributed by atoms with Crippen molar-refractivity contribution in [3.05, 3.63) is 93.3 Å². The SMILES string of the molecule is CC.CN.[B]C1=CC2=C(C)C(=C(/C=C/C=C/C=C3\N(C)C(C)=C(/C=C\C)C3(C)C)C2(C)C)C1. The van der Waals surface area contributed by atoms with Gasteiger partial charge < -0.3 is 10.6 Å². The van der Waals surface area contributed by atoms with Crippen molar-refractivity contribution in [1.82, 2.24) is 4.90 Å². The van der Waals surface area contributed by atoms with Gasteiger partial charge in [-0.25, -0.2) is 0 Å². The maximum Gasteiger partial charge on any atom is 0.108 e. The van der Waals surface area contributed by atoms with Crippen molar-refractivity contribution in [3.63, 3.8) is 0 Å². The fourth-order valence-corrected chi connectivity index (χ4v) is 5.17. The topological polar surface area (TPSA) is 29.3 Å². The number of allylic oxidation sites excluding steroid dienone is 15. The van der Waals surface area contributed by atoms with Gasteiger partial charge in [0.2, 0.25) is 0 Å². The summed E-state index contributed by atoms with van der Waals surface area (Å²) in [5.74, 6) is 0. The van der Waals surface area contributed by atoms with E-state index in [4.69, 9.17) is 7.85 Å². The number of hydrogen-bond donors (Lipinski definition) is 1. The maximum absolute atomic E-state index is 6.16. The van der Waals surface area contributed by atoms with Crippen LogP contribution in [0.25, 0.3) is 0 Å². The van der Waals surface area contributed by atoms with Gasteiger partial charge in [0.15, 0.2) is 0 Å². The minimum absolute atomic E-state index is 0.0143. The quantitative estimate of drug-likeness (QED) is 0.359. The van der Waals surface area contributed by atoms with E-state index in [9.17, 15) is 0 Å². The van der Waals surface area contributed by atoms with Gasteiger partial charge in [0.25, 0.3) is 0 Å². The first-order valence-corrected chi connectivity index (χ1v) is 12.2. The number of rotatable bonds is 4. The van der Waals surface area contributed by atoms with Gasteiger partial charge in [0.1, 0.15) is 7.85 Å². The second kappa shape index (κ2) is 11.7. The van der Waals surface area contributed by atoms with E-state index < -0.39 is 0 Å². The van der Waals surface area contributed by atoms with Gasteiger partial charge in [0.05, 0.1) is 0 Å². The lowest BCUT2D eigenvalue weighted by Gasteiger charge is -2.25. The Hall–Kier alpha value is -2.26. The molecule has 2 nitrogen and oxygen atoms in total. The first-order valence-electron chi connectivity index (χ1n) is 12.2. The third-order valence-electron chi connectivity index (χ3n) is 6.88. The standard InChI is InChI=1S/C27H34BN.C2H6.CH5N/c1-9-13-22-19(3)29(8)25(27(22,6)7)15-12-10-11-14-23-21-16-20(28)17-24(18(21)2)26(23,4)5;2*1-2/h9-15,17H,16H2,1-8H3;1-2H3;2H2,1H3/b12-10+,13-9-,14-11+,25-15-;;. The molecule has 0 fully saturated rings. The van der Waals surface area contributed by atoms with Gasteiger partial charge in [0, 0.05) is 29.3 Å². The zero-order chi connectivity index (χ0) is 25.6. The van der Waals surface area contributed by atoms with Crippen LogP contribution in [0.2, 0.25) is 0 Å². The summed E-state index contributed by atoms with van der Waals surface area (Å²) in [4.78, 5) is 2.31. The van der Waals surface area contributed by atoms with E-state index in [-0.39, 0.29) is 10.8 Å². The lowest BCUT2D eigenvalue weighted by Crippen LogP contribution is -2.19. The molecular weight excluding hydrogens is 399 g/mol. The van der Waals surface area contributed by atoms with Crippen molar-refractivity contribution < 1.29 is 0 Å².